The van der Waals surface area contributed by atoms with Crippen molar-refractivity contribution in [3.05, 3.63) is 77.1 Å². The fraction of sp³-hybridized carbons (Fsp3) is 0.182. The molecule has 5 nitrogen and oxygen atoms in total. The van der Waals surface area contributed by atoms with Gasteiger partial charge in [0.05, 0.1) is 5.39 Å². The van der Waals surface area contributed by atoms with Crippen molar-refractivity contribution >= 4 is 28.5 Å². The normalized spacial score (nSPS) is 11.3. The molecule has 0 saturated carbocycles. The number of halogens is 1. The molecule has 0 aliphatic carbocycles. The van der Waals surface area contributed by atoms with Crippen molar-refractivity contribution < 1.29 is 0 Å². The second kappa shape index (κ2) is 8.00. The summed E-state index contributed by atoms with van der Waals surface area (Å²) < 4.78 is 0. The number of aromatic amines is 1. The summed E-state index contributed by atoms with van der Waals surface area (Å²) in [5.74, 6) is 0.803. The van der Waals surface area contributed by atoms with Crippen LogP contribution in [0.3, 0.4) is 0 Å². The maximum absolute atomic E-state index is 6.07. The number of benzene rings is 2. The molecule has 0 bridgehead atoms. The number of fused-ring (bicyclic) bond motifs is 1. The summed E-state index contributed by atoms with van der Waals surface area (Å²) >= 11 is 6.07. The smallest absolute Gasteiger partial charge is 0.143 e. The molecule has 2 N–H and O–H groups in total. The van der Waals surface area contributed by atoms with Gasteiger partial charge in [0.15, 0.2) is 0 Å². The largest absolute Gasteiger partial charge is 0.365 e. The molecular formula is C22H22ClN5. The van der Waals surface area contributed by atoms with E-state index in [0.29, 0.717) is 6.54 Å². The Balaban J connectivity index is 1.58. The standard InChI is InChI=1S/C22H22ClN5/c1-28(2)13-15-6-8-17(9-7-15)20-11-19-21(25-14-26-22(19)27-20)24-12-16-4-3-5-18(23)10-16/h3-11,14H,12-13H2,1-2H3,(H2,24,25,26,27). The van der Waals surface area contributed by atoms with Crippen LogP contribution in [0.25, 0.3) is 22.3 Å². The van der Waals surface area contributed by atoms with Crippen molar-refractivity contribution in [2.75, 3.05) is 19.4 Å². The van der Waals surface area contributed by atoms with Gasteiger partial charge in [-0.1, -0.05) is 48.0 Å². The van der Waals surface area contributed by atoms with Crippen LogP contribution < -0.4 is 5.32 Å². The minimum Gasteiger partial charge on any atom is -0.365 e. The molecule has 0 fully saturated rings. The number of H-pyrrole nitrogens is 1. The zero-order valence-corrected chi connectivity index (χ0v) is 16.7. The molecule has 2 aromatic carbocycles. The van der Waals surface area contributed by atoms with Crippen LogP contribution in [0.1, 0.15) is 11.1 Å². The molecule has 2 heterocycles. The predicted octanol–water partition coefficient (Wildman–Crippen LogP) is 4.95. The molecular weight excluding hydrogens is 370 g/mol. The summed E-state index contributed by atoms with van der Waals surface area (Å²) in [6.45, 7) is 1.57. The molecule has 0 atom stereocenters. The first-order chi connectivity index (χ1) is 13.6. The quantitative estimate of drug-likeness (QED) is 0.488. The second-order valence-electron chi connectivity index (χ2n) is 7.09. The van der Waals surface area contributed by atoms with E-state index >= 15 is 0 Å². The Morgan fingerprint density at radius 1 is 1.00 bits per heavy atom. The van der Waals surface area contributed by atoms with Crippen molar-refractivity contribution in [1.29, 1.82) is 0 Å². The average molecular weight is 392 g/mol. The van der Waals surface area contributed by atoms with Crippen molar-refractivity contribution in [1.82, 2.24) is 19.9 Å². The fourth-order valence-corrected chi connectivity index (χ4v) is 3.44. The number of hydrogen-bond donors (Lipinski definition) is 2. The highest BCUT2D eigenvalue weighted by Crippen LogP contribution is 2.27. The Kier molecular flexibility index (Phi) is 5.28. The number of rotatable bonds is 6. The highest BCUT2D eigenvalue weighted by Gasteiger charge is 2.10. The summed E-state index contributed by atoms with van der Waals surface area (Å²) in [6, 6.07) is 18.5. The maximum Gasteiger partial charge on any atom is 0.143 e. The summed E-state index contributed by atoms with van der Waals surface area (Å²) in [5.41, 5.74) is 5.36. The van der Waals surface area contributed by atoms with E-state index in [1.165, 1.54) is 5.56 Å². The third-order valence-electron chi connectivity index (χ3n) is 4.54. The molecule has 6 heteroatoms. The Morgan fingerprint density at radius 3 is 2.57 bits per heavy atom. The van der Waals surface area contributed by atoms with Crippen LogP contribution in [0.15, 0.2) is 60.9 Å². The number of nitrogens with one attached hydrogen (secondary N) is 2. The molecule has 2 aromatic heterocycles. The molecule has 28 heavy (non-hydrogen) atoms. The molecule has 142 valence electrons. The maximum atomic E-state index is 6.07. The molecule has 0 amide bonds. The van der Waals surface area contributed by atoms with Crippen LogP contribution in [-0.4, -0.2) is 33.9 Å². The van der Waals surface area contributed by atoms with E-state index in [2.05, 4.69) is 69.6 Å². The first-order valence-electron chi connectivity index (χ1n) is 9.14. The van der Waals surface area contributed by atoms with Crippen LogP contribution >= 0.6 is 11.6 Å². The highest BCUT2D eigenvalue weighted by atomic mass is 35.5. The zero-order valence-electron chi connectivity index (χ0n) is 15.9. The predicted molar refractivity (Wildman–Crippen MR) is 115 cm³/mol. The molecule has 0 unspecified atom stereocenters. The molecule has 0 spiro atoms. The first-order valence-corrected chi connectivity index (χ1v) is 9.52. The van der Waals surface area contributed by atoms with Gasteiger partial charge < -0.3 is 15.2 Å². The van der Waals surface area contributed by atoms with Gasteiger partial charge in [-0.3, -0.25) is 0 Å². The van der Waals surface area contributed by atoms with E-state index < -0.39 is 0 Å². The highest BCUT2D eigenvalue weighted by molar-refractivity contribution is 6.30. The lowest BCUT2D eigenvalue weighted by Crippen LogP contribution is -2.10. The van der Waals surface area contributed by atoms with E-state index in [9.17, 15) is 0 Å². The number of aromatic nitrogens is 3. The van der Waals surface area contributed by atoms with Crippen LogP contribution in [0.2, 0.25) is 5.02 Å². The van der Waals surface area contributed by atoms with E-state index in [1.807, 2.05) is 24.3 Å². The molecule has 4 rings (SSSR count). The Hall–Kier alpha value is -2.89. The molecule has 0 saturated heterocycles. The Bertz CT molecular complexity index is 1090. The van der Waals surface area contributed by atoms with Gasteiger partial charge in [0.2, 0.25) is 0 Å². The molecule has 0 aliphatic heterocycles. The molecule has 0 radical (unpaired) electrons. The van der Waals surface area contributed by atoms with Gasteiger partial charge in [-0.25, -0.2) is 9.97 Å². The molecule has 0 aliphatic rings. The van der Waals surface area contributed by atoms with E-state index in [-0.39, 0.29) is 0 Å². The van der Waals surface area contributed by atoms with E-state index in [0.717, 1.165) is 45.2 Å². The average Bonchev–Trinajstić information content (AvgIpc) is 3.11. The lowest BCUT2D eigenvalue weighted by Gasteiger charge is -2.09. The monoisotopic (exact) mass is 391 g/mol. The van der Waals surface area contributed by atoms with Crippen LogP contribution in [-0.2, 0) is 13.1 Å². The topological polar surface area (TPSA) is 56.8 Å². The van der Waals surface area contributed by atoms with Gasteiger partial charge in [0.25, 0.3) is 0 Å². The van der Waals surface area contributed by atoms with Crippen LogP contribution in [0.5, 0.6) is 0 Å². The van der Waals surface area contributed by atoms with Gasteiger partial charge >= 0.3 is 0 Å². The van der Waals surface area contributed by atoms with Gasteiger partial charge in [0.1, 0.15) is 17.8 Å². The third kappa shape index (κ3) is 4.16. The summed E-state index contributed by atoms with van der Waals surface area (Å²) in [7, 11) is 4.14. The third-order valence-corrected chi connectivity index (χ3v) is 4.77. The minimum absolute atomic E-state index is 0.645. The zero-order chi connectivity index (χ0) is 19.5. The van der Waals surface area contributed by atoms with Crippen LogP contribution in [0.4, 0.5) is 5.82 Å². The van der Waals surface area contributed by atoms with Crippen molar-refractivity contribution in [3.63, 3.8) is 0 Å². The second-order valence-corrected chi connectivity index (χ2v) is 7.52. The van der Waals surface area contributed by atoms with Crippen molar-refractivity contribution in [3.8, 4) is 11.3 Å². The van der Waals surface area contributed by atoms with Gasteiger partial charge in [-0.05, 0) is 49.0 Å². The Morgan fingerprint density at radius 2 is 1.82 bits per heavy atom. The first kappa shape index (κ1) is 18.5. The van der Waals surface area contributed by atoms with Crippen LogP contribution in [0, 0.1) is 0 Å². The van der Waals surface area contributed by atoms with E-state index in [4.69, 9.17) is 11.6 Å². The van der Waals surface area contributed by atoms with E-state index in [1.54, 1.807) is 6.33 Å². The van der Waals surface area contributed by atoms with Gasteiger partial charge in [0, 0.05) is 23.8 Å². The lowest BCUT2D eigenvalue weighted by molar-refractivity contribution is 0.402. The number of anilines is 1. The Labute approximate surface area is 169 Å². The lowest BCUT2D eigenvalue weighted by atomic mass is 10.1. The minimum atomic E-state index is 0.645. The number of nitrogens with zero attached hydrogens (tertiary/aromatic N) is 3. The summed E-state index contributed by atoms with van der Waals surface area (Å²) in [4.78, 5) is 14.4. The van der Waals surface area contributed by atoms with Gasteiger partial charge in [-0.2, -0.15) is 0 Å². The van der Waals surface area contributed by atoms with Gasteiger partial charge in [-0.15, -0.1) is 0 Å². The number of hydrogen-bond acceptors (Lipinski definition) is 4. The molecule has 4 aromatic rings. The van der Waals surface area contributed by atoms with Crippen molar-refractivity contribution in [2.24, 2.45) is 0 Å². The summed E-state index contributed by atoms with van der Waals surface area (Å²) in [5, 5.41) is 5.09. The van der Waals surface area contributed by atoms with Crippen molar-refractivity contribution in [2.45, 2.75) is 13.1 Å². The summed E-state index contributed by atoms with van der Waals surface area (Å²) in [6.07, 6.45) is 1.57. The fourth-order valence-electron chi connectivity index (χ4n) is 3.22. The SMILES string of the molecule is CN(C)Cc1ccc(-c2cc3c(NCc4cccc(Cl)c4)ncnc3[nH]2)cc1.